The quantitative estimate of drug-likeness (QED) is 0.579. The highest BCUT2D eigenvalue weighted by Crippen LogP contribution is 2.40. The number of fused-ring (bicyclic) bond motifs is 2. The van der Waals surface area contributed by atoms with Crippen molar-refractivity contribution in [2.45, 2.75) is 25.3 Å². The molecule has 0 bridgehead atoms. The average molecular weight is 314 g/mol. The number of hydrogen-bond donors (Lipinski definition) is 2. The number of aromatic nitrogens is 3. The Hall–Kier alpha value is -2.88. The van der Waals surface area contributed by atoms with E-state index in [0.717, 1.165) is 34.8 Å². The minimum atomic E-state index is 0.734. The predicted octanol–water partition coefficient (Wildman–Crippen LogP) is 4.60. The fourth-order valence-corrected chi connectivity index (χ4v) is 3.18. The number of hydrogen-bond acceptors (Lipinski definition) is 3. The van der Waals surface area contributed by atoms with Crippen molar-refractivity contribution in [2.75, 3.05) is 5.32 Å². The molecule has 2 N–H and O–H groups in total. The topological polar surface area (TPSA) is 53.6 Å². The van der Waals surface area contributed by atoms with Crippen LogP contribution in [0.15, 0.2) is 54.9 Å². The van der Waals surface area contributed by atoms with Crippen LogP contribution < -0.4 is 5.32 Å². The van der Waals surface area contributed by atoms with Crippen molar-refractivity contribution in [3.63, 3.8) is 0 Å². The van der Waals surface area contributed by atoms with Gasteiger partial charge in [-0.15, -0.1) is 0 Å². The molecular formula is C20H18N4. The molecule has 0 spiro atoms. The summed E-state index contributed by atoms with van der Waals surface area (Å²) in [7, 11) is 0. The zero-order chi connectivity index (χ0) is 15.9. The van der Waals surface area contributed by atoms with Crippen molar-refractivity contribution in [2.24, 2.45) is 0 Å². The Labute approximate surface area is 140 Å². The summed E-state index contributed by atoms with van der Waals surface area (Å²) in [6, 6.07) is 15.0. The lowest BCUT2D eigenvalue weighted by molar-refractivity contribution is 1.10. The molecule has 1 saturated carbocycles. The smallest absolute Gasteiger partial charge is 0.145 e. The molecule has 0 radical (unpaired) electrons. The third-order valence-electron chi connectivity index (χ3n) is 4.71. The van der Waals surface area contributed by atoms with Gasteiger partial charge in [0.05, 0.1) is 17.2 Å². The first-order valence-electron chi connectivity index (χ1n) is 8.42. The zero-order valence-electron chi connectivity index (χ0n) is 13.3. The van der Waals surface area contributed by atoms with Crippen LogP contribution >= 0.6 is 0 Å². The van der Waals surface area contributed by atoms with Crippen molar-refractivity contribution in [3.8, 4) is 0 Å². The van der Waals surface area contributed by atoms with Gasteiger partial charge >= 0.3 is 0 Å². The van der Waals surface area contributed by atoms with Gasteiger partial charge in [0.2, 0.25) is 0 Å². The van der Waals surface area contributed by atoms with Gasteiger partial charge in [-0.05, 0) is 59.5 Å². The molecule has 4 aromatic rings. The van der Waals surface area contributed by atoms with Crippen LogP contribution in [0.1, 0.15) is 29.9 Å². The zero-order valence-corrected chi connectivity index (χ0v) is 13.3. The van der Waals surface area contributed by atoms with Crippen LogP contribution in [0.4, 0.5) is 5.82 Å². The Morgan fingerprint density at radius 3 is 2.92 bits per heavy atom. The molecule has 0 aliphatic heterocycles. The average Bonchev–Trinajstić information content (AvgIpc) is 3.37. The lowest BCUT2D eigenvalue weighted by atomic mass is 10.1. The summed E-state index contributed by atoms with van der Waals surface area (Å²) in [5, 5.41) is 4.62. The third-order valence-corrected chi connectivity index (χ3v) is 4.71. The molecule has 24 heavy (non-hydrogen) atoms. The number of rotatable bonds is 4. The van der Waals surface area contributed by atoms with E-state index in [1.807, 2.05) is 12.4 Å². The molecule has 2 aromatic heterocycles. The number of H-pyrrole nitrogens is 1. The van der Waals surface area contributed by atoms with Crippen LogP contribution in [0.5, 0.6) is 0 Å². The molecule has 118 valence electrons. The summed E-state index contributed by atoms with van der Waals surface area (Å²) >= 11 is 0. The van der Waals surface area contributed by atoms with Crippen LogP contribution in [-0.2, 0) is 6.54 Å². The van der Waals surface area contributed by atoms with Gasteiger partial charge < -0.3 is 10.3 Å². The van der Waals surface area contributed by atoms with Crippen LogP contribution in [0, 0.1) is 0 Å². The van der Waals surface area contributed by atoms with Crippen molar-refractivity contribution in [3.05, 3.63) is 66.0 Å². The number of nitrogens with zero attached hydrogens (tertiary/aromatic N) is 2. The first-order chi connectivity index (χ1) is 11.8. The maximum absolute atomic E-state index is 4.73. The van der Waals surface area contributed by atoms with E-state index < -0.39 is 0 Å². The molecule has 0 saturated heterocycles. The van der Waals surface area contributed by atoms with Gasteiger partial charge in [0.15, 0.2) is 0 Å². The normalized spacial score (nSPS) is 14.3. The Morgan fingerprint density at radius 2 is 2.00 bits per heavy atom. The van der Waals surface area contributed by atoms with E-state index in [0.29, 0.717) is 0 Å². The van der Waals surface area contributed by atoms with Crippen molar-refractivity contribution >= 4 is 27.8 Å². The molecule has 0 unspecified atom stereocenters. The molecule has 1 aliphatic carbocycles. The lowest BCUT2D eigenvalue weighted by Gasteiger charge is -2.07. The highest BCUT2D eigenvalue weighted by molar-refractivity contribution is 5.80. The van der Waals surface area contributed by atoms with E-state index in [9.17, 15) is 0 Å². The maximum Gasteiger partial charge on any atom is 0.145 e. The van der Waals surface area contributed by atoms with Gasteiger partial charge in [0, 0.05) is 18.3 Å². The summed E-state index contributed by atoms with van der Waals surface area (Å²) in [6.45, 7) is 0.734. The number of benzene rings is 2. The van der Waals surface area contributed by atoms with Crippen molar-refractivity contribution in [1.82, 2.24) is 15.0 Å². The molecule has 2 aromatic carbocycles. The summed E-state index contributed by atoms with van der Waals surface area (Å²) in [5.74, 6) is 1.56. The number of anilines is 1. The van der Waals surface area contributed by atoms with Crippen LogP contribution in [0.2, 0.25) is 0 Å². The van der Waals surface area contributed by atoms with E-state index in [4.69, 9.17) is 4.98 Å². The van der Waals surface area contributed by atoms with E-state index in [1.54, 1.807) is 0 Å². The summed E-state index contributed by atoms with van der Waals surface area (Å²) in [5.41, 5.74) is 5.71. The molecular weight excluding hydrogens is 296 g/mol. The monoisotopic (exact) mass is 314 g/mol. The molecule has 0 atom stereocenters. The molecule has 1 aliphatic rings. The van der Waals surface area contributed by atoms with Gasteiger partial charge in [0.1, 0.15) is 5.82 Å². The van der Waals surface area contributed by atoms with Crippen molar-refractivity contribution < 1.29 is 0 Å². The first kappa shape index (κ1) is 13.5. The van der Waals surface area contributed by atoms with Crippen LogP contribution in [0.3, 0.4) is 0 Å². The molecule has 0 amide bonds. The maximum atomic E-state index is 4.73. The number of aromatic amines is 1. The van der Waals surface area contributed by atoms with E-state index in [1.165, 1.54) is 29.4 Å². The summed E-state index contributed by atoms with van der Waals surface area (Å²) in [6.07, 6.45) is 6.39. The fraction of sp³-hybridized carbons (Fsp3) is 0.200. The molecule has 2 heterocycles. The molecule has 4 nitrogen and oxygen atoms in total. The standard InChI is InChI=1S/C20H18N4/c1-2-15-7-8-21-18(15)9-13(1)11-23-20-12-22-17-6-5-16(14-3-4-14)10-19(17)24-20/h1-2,5-10,12,14,21H,3-4,11H2,(H,23,24). The fourth-order valence-electron chi connectivity index (χ4n) is 3.18. The van der Waals surface area contributed by atoms with E-state index in [-0.39, 0.29) is 0 Å². The second kappa shape index (κ2) is 5.34. The van der Waals surface area contributed by atoms with Gasteiger partial charge in [-0.2, -0.15) is 0 Å². The molecule has 5 rings (SSSR count). The molecule has 4 heteroatoms. The minimum Gasteiger partial charge on any atom is -0.365 e. The van der Waals surface area contributed by atoms with E-state index in [2.05, 4.69) is 57.7 Å². The van der Waals surface area contributed by atoms with E-state index >= 15 is 0 Å². The van der Waals surface area contributed by atoms with Gasteiger partial charge in [0.25, 0.3) is 0 Å². The Morgan fingerprint density at radius 1 is 1.04 bits per heavy atom. The SMILES string of the molecule is c1cc2ccc(CNc3cnc4ccc(C5CC5)cc4n3)cc2[nH]1. The second-order valence-corrected chi connectivity index (χ2v) is 6.53. The second-order valence-electron chi connectivity index (χ2n) is 6.53. The summed E-state index contributed by atoms with van der Waals surface area (Å²) < 4.78 is 0. The Balaban J connectivity index is 1.39. The van der Waals surface area contributed by atoms with Gasteiger partial charge in [-0.25, -0.2) is 4.98 Å². The predicted molar refractivity (Wildman–Crippen MR) is 97.1 cm³/mol. The first-order valence-corrected chi connectivity index (χ1v) is 8.42. The highest BCUT2D eigenvalue weighted by Gasteiger charge is 2.23. The van der Waals surface area contributed by atoms with Crippen molar-refractivity contribution in [1.29, 1.82) is 0 Å². The van der Waals surface area contributed by atoms with Crippen LogP contribution in [0.25, 0.3) is 21.9 Å². The third kappa shape index (κ3) is 2.50. The van der Waals surface area contributed by atoms with Crippen LogP contribution in [-0.4, -0.2) is 15.0 Å². The largest absolute Gasteiger partial charge is 0.365 e. The minimum absolute atomic E-state index is 0.734. The number of nitrogens with one attached hydrogen (secondary N) is 2. The summed E-state index contributed by atoms with van der Waals surface area (Å²) in [4.78, 5) is 12.5. The van der Waals surface area contributed by atoms with Gasteiger partial charge in [-0.1, -0.05) is 18.2 Å². The molecule has 1 fully saturated rings. The van der Waals surface area contributed by atoms with Gasteiger partial charge in [-0.3, -0.25) is 4.98 Å². The Bertz CT molecular complexity index is 1030. The Kier molecular flexibility index (Phi) is 3.01. The highest BCUT2D eigenvalue weighted by atomic mass is 15.0. The lowest BCUT2D eigenvalue weighted by Crippen LogP contribution is -2.02.